The van der Waals surface area contributed by atoms with Crippen LogP contribution in [0.2, 0.25) is 0 Å². The van der Waals surface area contributed by atoms with Gasteiger partial charge in [-0.05, 0) is 44.0 Å². The number of amides is 1. The largest absolute Gasteiger partial charge is 0.480 e. The van der Waals surface area contributed by atoms with E-state index in [1.54, 1.807) is 12.4 Å². The van der Waals surface area contributed by atoms with Crippen LogP contribution in [0.25, 0.3) is 0 Å². The second kappa shape index (κ2) is 10.0. The molecule has 3 rings (SSSR count). The molecule has 1 N–H and O–H groups in total. The summed E-state index contributed by atoms with van der Waals surface area (Å²) in [6, 6.07) is 11.6. The van der Waals surface area contributed by atoms with Crippen molar-refractivity contribution in [2.75, 3.05) is 19.6 Å². The summed E-state index contributed by atoms with van der Waals surface area (Å²) in [4.78, 5) is 30.9. The molecule has 29 heavy (non-hydrogen) atoms. The van der Waals surface area contributed by atoms with Gasteiger partial charge < -0.3 is 14.7 Å². The van der Waals surface area contributed by atoms with Crippen LogP contribution >= 0.6 is 0 Å². The van der Waals surface area contributed by atoms with Crippen molar-refractivity contribution in [1.29, 1.82) is 0 Å². The Morgan fingerprint density at radius 1 is 1.21 bits per heavy atom. The molecule has 7 heteroatoms. The van der Waals surface area contributed by atoms with Crippen LogP contribution in [0, 0.1) is 0 Å². The number of aromatic nitrogens is 1. The Morgan fingerprint density at radius 3 is 2.76 bits per heavy atom. The molecule has 7 nitrogen and oxygen atoms in total. The average Bonchev–Trinajstić information content (AvgIpc) is 2.93. The third kappa shape index (κ3) is 6.02. The number of para-hydroxylation sites is 1. The number of carbonyl (C=O) groups is 2. The number of aliphatic carboxylic acids is 1. The molecule has 1 unspecified atom stereocenters. The monoisotopic (exact) mass is 397 g/mol. The number of nitrogens with zero attached hydrogens (tertiary/aromatic N) is 3. The minimum absolute atomic E-state index is 0.0320. The van der Waals surface area contributed by atoms with Crippen molar-refractivity contribution < 1.29 is 19.4 Å². The SMILES string of the molecule is CC(=O)N(CC(=O)O)C1CCCN(Cc2ccccc2Oc2cccnc2)CC1. The van der Waals surface area contributed by atoms with Crippen LogP contribution in [0.3, 0.4) is 0 Å². The van der Waals surface area contributed by atoms with E-state index in [1.165, 1.54) is 11.8 Å². The maximum absolute atomic E-state index is 11.9. The molecule has 2 heterocycles. The predicted molar refractivity (Wildman–Crippen MR) is 109 cm³/mol. The average molecular weight is 397 g/mol. The molecule has 0 saturated carbocycles. The fraction of sp³-hybridized carbons (Fsp3) is 0.409. The Kier molecular flexibility index (Phi) is 7.19. The highest BCUT2D eigenvalue weighted by Crippen LogP contribution is 2.27. The summed E-state index contributed by atoms with van der Waals surface area (Å²) >= 11 is 0. The number of rotatable bonds is 7. The molecule has 2 aromatic rings. The molecule has 0 spiro atoms. The lowest BCUT2D eigenvalue weighted by Crippen LogP contribution is -2.42. The van der Waals surface area contributed by atoms with Crippen molar-refractivity contribution in [3.63, 3.8) is 0 Å². The lowest BCUT2D eigenvalue weighted by molar-refractivity contribution is -0.145. The van der Waals surface area contributed by atoms with Gasteiger partial charge >= 0.3 is 5.97 Å². The molecule has 0 bridgehead atoms. The maximum atomic E-state index is 11.9. The van der Waals surface area contributed by atoms with Gasteiger partial charge in [0.15, 0.2) is 0 Å². The highest BCUT2D eigenvalue weighted by Gasteiger charge is 2.26. The summed E-state index contributed by atoms with van der Waals surface area (Å²) < 4.78 is 6.01. The molecule has 1 saturated heterocycles. The van der Waals surface area contributed by atoms with Gasteiger partial charge in [-0.15, -0.1) is 0 Å². The number of hydrogen-bond acceptors (Lipinski definition) is 5. The lowest BCUT2D eigenvalue weighted by atomic mass is 10.1. The molecule has 1 amide bonds. The van der Waals surface area contributed by atoms with Gasteiger partial charge in [-0.1, -0.05) is 18.2 Å². The summed E-state index contributed by atoms with van der Waals surface area (Å²) in [5.41, 5.74) is 1.09. The zero-order valence-corrected chi connectivity index (χ0v) is 16.7. The Labute approximate surface area is 170 Å². The van der Waals surface area contributed by atoms with E-state index in [-0.39, 0.29) is 18.5 Å². The minimum Gasteiger partial charge on any atom is -0.480 e. The Bertz CT molecular complexity index is 828. The van der Waals surface area contributed by atoms with Crippen molar-refractivity contribution in [2.24, 2.45) is 0 Å². The first-order chi connectivity index (χ1) is 14.0. The normalized spacial score (nSPS) is 17.3. The first kappa shape index (κ1) is 20.8. The van der Waals surface area contributed by atoms with Crippen LogP contribution < -0.4 is 4.74 Å². The highest BCUT2D eigenvalue weighted by atomic mass is 16.5. The Hall–Kier alpha value is -2.93. The van der Waals surface area contributed by atoms with E-state index < -0.39 is 5.97 Å². The fourth-order valence-corrected chi connectivity index (χ4v) is 3.76. The number of carboxylic acids is 1. The number of hydrogen-bond donors (Lipinski definition) is 1. The van der Waals surface area contributed by atoms with Gasteiger partial charge in [0.2, 0.25) is 5.91 Å². The number of ether oxygens (including phenoxy) is 1. The van der Waals surface area contributed by atoms with E-state index >= 15 is 0 Å². The Balaban J connectivity index is 1.65. The van der Waals surface area contributed by atoms with E-state index in [2.05, 4.69) is 16.0 Å². The third-order valence-electron chi connectivity index (χ3n) is 5.17. The van der Waals surface area contributed by atoms with E-state index in [0.717, 1.165) is 50.2 Å². The standard InChI is InChI=1S/C22H27N3O4/c1-17(26)25(16-22(27)28)19-7-5-12-24(13-10-19)15-18-6-2-3-9-21(18)29-20-8-4-11-23-14-20/h2-4,6,8-9,11,14,19H,5,7,10,12-13,15-16H2,1H3,(H,27,28). The topological polar surface area (TPSA) is 83.0 Å². The van der Waals surface area contributed by atoms with Crippen molar-refractivity contribution >= 4 is 11.9 Å². The first-order valence-electron chi connectivity index (χ1n) is 9.90. The van der Waals surface area contributed by atoms with Crippen LogP contribution in [0.5, 0.6) is 11.5 Å². The summed E-state index contributed by atoms with van der Waals surface area (Å²) in [6.07, 6.45) is 5.89. The zero-order chi connectivity index (χ0) is 20.6. The van der Waals surface area contributed by atoms with E-state index in [1.807, 2.05) is 30.3 Å². The van der Waals surface area contributed by atoms with Gasteiger partial charge in [-0.2, -0.15) is 0 Å². The molecule has 1 atom stereocenters. The van der Waals surface area contributed by atoms with Crippen molar-refractivity contribution in [3.8, 4) is 11.5 Å². The van der Waals surface area contributed by atoms with E-state index in [4.69, 9.17) is 9.84 Å². The highest BCUT2D eigenvalue weighted by molar-refractivity contribution is 5.79. The molecular formula is C22H27N3O4. The summed E-state index contributed by atoms with van der Waals surface area (Å²) in [7, 11) is 0. The number of likely N-dealkylation sites (tertiary alicyclic amines) is 1. The number of pyridine rings is 1. The Morgan fingerprint density at radius 2 is 2.03 bits per heavy atom. The van der Waals surface area contributed by atoms with Crippen LogP contribution in [0.4, 0.5) is 0 Å². The number of benzene rings is 1. The molecule has 1 aliphatic heterocycles. The quantitative estimate of drug-likeness (QED) is 0.773. The van der Waals surface area contributed by atoms with Gasteiger partial charge in [0.25, 0.3) is 0 Å². The second-order valence-electron chi connectivity index (χ2n) is 7.30. The van der Waals surface area contributed by atoms with Crippen molar-refractivity contribution in [1.82, 2.24) is 14.8 Å². The van der Waals surface area contributed by atoms with Crippen LogP contribution in [0.15, 0.2) is 48.8 Å². The molecule has 1 aromatic carbocycles. The van der Waals surface area contributed by atoms with Crippen LogP contribution in [-0.4, -0.2) is 57.4 Å². The number of carboxylic acid groups (broad SMARTS) is 1. The summed E-state index contributed by atoms with van der Waals surface area (Å²) in [5.74, 6) is 0.350. The zero-order valence-electron chi connectivity index (χ0n) is 16.7. The lowest BCUT2D eigenvalue weighted by Gasteiger charge is -2.29. The fourth-order valence-electron chi connectivity index (χ4n) is 3.76. The number of carbonyl (C=O) groups excluding carboxylic acids is 1. The second-order valence-corrected chi connectivity index (χ2v) is 7.30. The van der Waals surface area contributed by atoms with Gasteiger partial charge in [-0.25, -0.2) is 0 Å². The summed E-state index contributed by atoms with van der Waals surface area (Å²) in [5, 5.41) is 9.11. The van der Waals surface area contributed by atoms with Crippen molar-refractivity contribution in [3.05, 3.63) is 54.4 Å². The van der Waals surface area contributed by atoms with Gasteiger partial charge in [-0.3, -0.25) is 19.5 Å². The molecule has 0 aliphatic carbocycles. The molecule has 1 fully saturated rings. The third-order valence-corrected chi connectivity index (χ3v) is 5.17. The molecule has 1 aromatic heterocycles. The molecule has 154 valence electrons. The maximum Gasteiger partial charge on any atom is 0.323 e. The van der Waals surface area contributed by atoms with E-state index in [9.17, 15) is 9.59 Å². The molecule has 1 aliphatic rings. The van der Waals surface area contributed by atoms with E-state index in [0.29, 0.717) is 5.75 Å². The predicted octanol–water partition coefficient (Wildman–Crippen LogP) is 3.16. The van der Waals surface area contributed by atoms with Crippen LogP contribution in [0.1, 0.15) is 31.7 Å². The van der Waals surface area contributed by atoms with Gasteiger partial charge in [0.1, 0.15) is 18.0 Å². The van der Waals surface area contributed by atoms with Gasteiger partial charge in [0, 0.05) is 37.8 Å². The van der Waals surface area contributed by atoms with Crippen LogP contribution in [-0.2, 0) is 16.1 Å². The summed E-state index contributed by atoms with van der Waals surface area (Å²) in [6.45, 7) is 3.65. The first-order valence-corrected chi connectivity index (χ1v) is 9.90. The van der Waals surface area contributed by atoms with Crippen molar-refractivity contribution in [2.45, 2.75) is 38.8 Å². The minimum atomic E-state index is -0.970. The smallest absolute Gasteiger partial charge is 0.323 e. The van der Waals surface area contributed by atoms with Gasteiger partial charge in [0.05, 0.1) is 6.20 Å². The molecular weight excluding hydrogens is 370 g/mol. The molecule has 0 radical (unpaired) electrons.